The minimum absolute atomic E-state index is 1.19. The average molecular weight is 258 g/mol. The first-order chi connectivity index (χ1) is 6.95. The summed E-state index contributed by atoms with van der Waals surface area (Å²) in [6, 6.07) is 4.37. The van der Waals surface area contributed by atoms with Gasteiger partial charge in [-0.25, -0.2) is 0 Å². The van der Waals surface area contributed by atoms with Gasteiger partial charge in [0.25, 0.3) is 0 Å². The third kappa shape index (κ3) is 3.35. The van der Waals surface area contributed by atoms with Crippen LogP contribution in [0.3, 0.4) is 0 Å². The van der Waals surface area contributed by atoms with Crippen LogP contribution >= 0.6 is 46.2 Å². The third-order valence-corrected chi connectivity index (χ3v) is 5.53. The second kappa shape index (κ2) is 5.85. The van der Waals surface area contributed by atoms with Gasteiger partial charge in [-0.2, -0.15) is 22.7 Å². The van der Waals surface area contributed by atoms with E-state index in [1.807, 2.05) is 23.5 Å². The Morgan fingerprint density at radius 1 is 0.857 bits per heavy atom. The van der Waals surface area contributed by atoms with Gasteiger partial charge in [-0.15, -0.1) is 23.5 Å². The van der Waals surface area contributed by atoms with Crippen LogP contribution in [-0.4, -0.2) is 11.5 Å². The molecule has 0 spiro atoms. The summed E-state index contributed by atoms with van der Waals surface area (Å²) in [6.45, 7) is 0. The molecular weight excluding hydrogens is 248 g/mol. The van der Waals surface area contributed by atoms with Crippen molar-refractivity contribution in [2.75, 3.05) is 11.5 Å². The first kappa shape index (κ1) is 10.6. The van der Waals surface area contributed by atoms with Gasteiger partial charge in [0.2, 0.25) is 0 Å². The van der Waals surface area contributed by atoms with E-state index in [1.54, 1.807) is 22.7 Å². The number of thioether (sulfide) groups is 2. The van der Waals surface area contributed by atoms with E-state index in [1.165, 1.54) is 21.3 Å². The van der Waals surface area contributed by atoms with Crippen LogP contribution in [0.15, 0.2) is 43.4 Å². The van der Waals surface area contributed by atoms with Crippen molar-refractivity contribution in [3.8, 4) is 0 Å². The largest absolute Gasteiger partial charge is 0.151 e. The van der Waals surface area contributed by atoms with Crippen molar-refractivity contribution < 1.29 is 0 Å². The van der Waals surface area contributed by atoms with Gasteiger partial charge in [0.05, 0.1) is 0 Å². The van der Waals surface area contributed by atoms with Gasteiger partial charge in [-0.3, -0.25) is 0 Å². The van der Waals surface area contributed by atoms with E-state index in [2.05, 4.69) is 33.7 Å². The van der Waals surface area contributed by atoms with Crippen LogP contribution in [-0.2, 0) is 0 Å². The predicted octanol–water partition coefficient (Wildman–Crippen LogP) is 4.69. The molecule has 4 heteroatoms. The first-order valence-corrected chi connectivity index (χ1v) is 8.11. The second-order valence-electron chi connectivity index (χ2n) is 2.62. The van der Waals surface area contributed by atoms with E-state index in [0.29, 0.717) is 0 Å². The molecule has 2 aromatic heterocycles. The smallest absolute Gasteiger partial charge is 0.0179 e. The van der Waals surface area contributed by atoms with Crippen molar-refractivity contribution in [1.82, 2.24) is 0 Å². The lowest BCUT2D eigenvalue weighted by Gasteiger charge is -1.97. The van der Waals surface area contributed by atoms with E-state index >= 15 is 0 Å². The lowest BCUT2D eigenvalue weighted by Crippen LogP contribution is -1.81. The minimum Gasteiger partial charge on any atom is -0.151 e. The highest BCUT2D eigenvalue weighted by atomic mass is 32.2. The summed E-state index contributed by atoms with van der Waals surface area (Å²) < 4.78 is 0. The van der Waals surface area contributed by atoms with Crippen molar-refractivity contribution in [1.29, 1.82) is 0 Å². The number of hydrogen-bond donors (Lipinski definition) is 0. The molecule has 0 aliphatic carbocycles. The van der Waals surface area contributed by atoms with Crippen LogP contribution in [0.2, 0.25) is 0 Å². The Hall–Kier alpha value is 0.1000. The Labute approximate surface area is 101 Å². The summed E-state index contributed by atoms with van der Waals surface area (Å²) in [7, 11) is 0. The summed E-state index contributed by atoms with van der Waals surface area (Å²) in [6.07, 6.45) is 0. The predicted molar refractivity (Wildman–Crippen MR) is 70.1 cm³/mol. The Morgan fingerprint density at radius 3 is 1.71 bits per heavy atom. The van der Waals surface area contributed by atoms with Gasteiger partial charge in [0.1, 0.15) is 0 Å². The molecule has 0 N–H and O–H groups in total. The quantitative estimate of drug-likeness (QED) is 0.563. The van der Waals surface area contributed by atoms with Crippen LogP contribution in [0, 0.1) is 0 Å². The summed E-state index contributed by atoms with van der Waals surface area (Å²) in [5.41, 5.74) is 0. The molecule has 0 atom stereocenters. The fourth-order valence-electron chi connectivity index (χ4n) is 0.987. The highest BCUT2D eigenvalue weighted by Gasteiger charge is 1.96. The highest BCUT2D eigenvalue weighted by molar-refractivity contribution is 8.03. The van der Waals surface area contributed by atoms with E-state index in [9.17, 15) is 0 Å². The molecular formula is C10H10S4. The van der Waals surface area contributed by atoms with Crippen molar-refractivity contribution in [2.45, 2.75) is 9.79 Å². The zero-order chi connectivity index (χ0) is 9.64. The molecule has 0 saturated heterocycles. The normalized spacial score (nSPS) is 10.6. The molecule has 0 fully saturated rings. The summed E-state index contributed by atoms with van der Waals surface area (Å²) >= 11 is 7.42. The van der Waals surface area contributed by atoms with Gasteiger partial charge in [-0.1, -0.05) is 0 Å². The molecule has 74 valence electrons. The SMILES string of the molecule is c1cc(SCCSc2ccsc2)cs1. The average Bonchev–Trinajstić information content (AvgIpc) is 2.86. The van der Waals surface area contributed by atoms with Crippen molar-refractivity contribution >= 4 is 46.2 Å². The molecule has 0 saturated carbocycles. The van der Waals surface area contributed by atoms with Gasteiger partial charge in [-0.05, 0) is 22.9 Å². The lowest BCUT2D eigenvalue weighted by molar-refractivity contribution is 1.48. The topological polar surface area (TPSA) is 0 Å². The fourth-order valence-corrected chi connectivity index (χ4v) is 4.54. The highest BCUT2D eigenvalue weighted by Crippen LogP contribution is 2.25. The molecule has 0 amide bonds. The van der Waals surface area contributed by atoms with E-state index < -0.39 is 0 Å². The standard InChI is InChI=1S/C10H10S4/c1-3-11-7-9(1)13-5-6-14-10-2-4-12-8-10/h1-4,7-8H,5-6H2. The molecule has 0 unspecified atom stereocenters. The molecule has 0 radical (unpaired) electrons. The molecule has 14 heavy (non-hydrogen) atoms. The van der Waals surface area contributed by atoms with Gasteiger partial charge in [0, 0.05) is 32.1 Å². The molecule has 2 heterocycles. The van der Waals surface area contributed by atoms with Crippen LogP contribution in [0.1, 0.15) is 0 Å². The zero-order valence-electron chi connectivity index (χ0n) is 7.51. The molecule has 0 nitrogen and oxygen atoms in total. The van der Waals surface area contributed by atoms with Gasteiger partial charge >= 0.3 is 0 Å². The third-order valence-electron chi connectivity index (χ3n) is 1.61. The second-order valence-corrected chi connectivity index (χ2v) is 6.51. The van der Waals surface area contributed by atoms with Crippen molar-refractivity contribution in [3.63, 3.8) is 0 Å². The van der Waals surface area contributed by atoms with Crippen LogP contribution < -0.4 is 0 Å². The van der Waals surface area contributed by atoms with E-state index in [0.717, 1.165) is 0 Å². The maximum absolute atomic E-state index is 2.21. The number of thiophene rings is 2. The summed E-state index contributed by atoms with van der Waals surface area (Å²) in [5.74, 6) is 2.38. The number of rotatable bonds is 5. The monoisotopic (exact) mass is 258 g/mol. The fraction of sp³-hybridized carbons (Fsp3) is 0.200. The Bertz CT molecular complexity index is 300. The van der Waals surface area contributed by atoms with Crippen molar-refractivity contribution in [3.05, 3.63) is 33.7 Å². The molecule has 0 aliphatic rings. The number of hydrogen-bond acceptors (Lipinski definition) is 4. The van der Waals surface area contributed by atoms with Crippen LogP contribution in [0.5, 0.6) is 0 Å². The molecule has 2 rings (SSSR count). The van der Waals surface area contributed by atoms with Gasteiger partial charge in [0.15, 0.2) is 0 Å². The molecule has 0 aliphatic heterocycles. The van der Waals surface area contributed by atoms with E-state index in [4.69, 9.17) is 0 Å². The minimum atomic E-state index is 1.19. The summed E-state index contributed by atoms with van der Waals surface area (Å²) in [4.78, 5) is 2.81. The summed E-state index contributed by atoms with van der Waals surface area (Å²) in [5, 5.41) is 8.68. The zero-order valence-corrected chi connectivity index (χ0v) is 10.8. The first-order valence-electron chi connectivity index (χ1n) is 4.25. The maximum atomic E-state index is 2.21. The Kier molecular flexibility index (Phi) is 4.44. The Morgan fingerprint density at radius 2 is 1.36 bits per heavy atom. The van der Waals surface area contributed by atoms with Crippen LogP contribution in [0.25, 0.3) is 0 Å². The molecule has 0 bridgehead atoms. The lowest BCUT2D eigenvalue weighted by atomic mass is 10.7. The Balaban J connectivity index is 1.65. The van der Waals surface area contributed by atoms with E-state index in [-0.39, 0.29) is 0 Å². The maximum Gasteiger partial charge on any atom is 0.0179 e. The van der Waals surface area contributed by atoms with Crippen LogP contribution in [0.4, 0.5) is 0 Å². The van der Waals surface area contributed by atoms with Crippen molar-refractivity contribution in [2.24, 2.45) is 0 Å². The van der Waals surface area contributed by atoms with Gasteiger partial charge < -0.3 is 0 Å². The molecule has 2 aromatic rings. The molecule has 0 aromatic carbocycles.